The predicted octanol–water partition coefficient (Wildman–Crippen LogP) is 3.62. The summed E-state index contributed by atoms with van der Waals surface area (Å²) in [4.78, 5) is 7.47. The van der Waals surface area contributed by atoms with E-state index < -0.39 is 0 Å². The maximum absolute atomic E-state index is 5.13. The van der Waals surface area contributed by atoms with E-state index >= 15 is 0 Å². The van der Waals surface area contributed by atoms with Gasteiger partial charge in [0, 0.05) is 19.0 Å². The molecule has 1 aromatic carbocycles. The number of H-pyrrole nitrogens is 1. The number of aryl methyl sites for hydroxylation is 2. The Morgan fingerprint density at radius 2 is 2.00 bits per heavy atom. The van der Waals surface area contributed by atoms with Crippen LogP contribution in [0.25, 0.3) is 0 Å². The molecule has 0 saturated carbocycles. The lowest BCUT2D eigenvalue weighted by Gasteiger charge is -2.08. The molecule has 0 saturated heterocycles. The van der Waals surface area contributed by atoms with Crippen LogP contribution < -0.4 is 5.32 Å². The minimum absolute atomic E-state index is 0.622. The fraction of sp³-hybridized carbons (Fsp3) is 0.286. The van der Waals surface area contributed by atoms with Crippen molar-refractivity contribution >= 4 is 18.0 Å². The maximum atomic E-state index is 5.13. The quantitative estimate of drug-likeness (QED) is 0.824. The van der Waals surface area contributed by atoms with Crippen molar-refractivity contribution in [2.45, 2.75) is 26.8 Å². The van der Waals surface area contributed by atoms with Gasteiger partial charge in [-0.3, -0.25) is 0 Å². The lowest BCUT2D eigenvalue weighted by atomic mass is 10.1. The van der Waals surface area contributed by atoms with Gasteiger partial charge in [0.1, 0.15) is 16.3 Å². The highest BCUT2D eigenvalue weighted by Gasteiger charge is 1.98. The molecular weight excluding hydrogens is 242 g/mol. The predicted molar refractivity (Wildman–Crippen MR) is 77.3 cm³/mol. The second kappa shape index (κ2) is 5.78. The molecule has 1 aromatic heterocycles. The molecule has 0 fully saturated rings. The highest BCUT2D eigenvalue weighted by molar-refractivity contribution is 7.71. The van der Waals surface area contributed by atoms with Gasteiger partial charge in [0.15, 0.2) is 0 Å². The summed E-state index contributed by atoms with van der Waals surface area (Å²) in [6.07, 6.45) is 0.851. The molecule has 18 heavy (non-hydrogen) atoms. The van der Waals surface area contributed by atoms with Crippen molar-refractivity contribution in [2.24, 2.45) is 0 Å². The zero-order valence-corrected chi connectivity index (χ0v) is 11.5. The third-order valence-corrected chi connectivity index (χ3v) is 2.94. The maximum Gasteiger partial charge on any atom is 0.131 e. The molecule has 0 unspecified atom stereocenters. The largest absolute Gasteiger partial charge is 0.367 e. The van der Waals surface area contributed by atoms with E-state index in [1.54, 1.807) is 0 Å². The van der Waals surface area contributed by atoms with E-state index in [2.05, 4.69) is 53.4 Å². The second-order valence-electron chi connectivity index (χ2n) is 4.27. The first kappa shape index (κ1) is 12.8. The molecule has 4 heteroatoms. The first-order chi connectivity index (χ1) is 8.67. The van der Waals surface area contributed by atoms with Crippen molar-refractivity contribution in [3.05, 3.63) is 51.9 Å². The SMILES string of the molecule is CCc1nc(=S)cc(NCc2ccc(C)cc2)[nH]1. The summed E-state index contributed by atoms with van der Waals surface area (Å²) < 4.78 is 0.622. The highest BCUT2D eigenvalue weighted by atomic mass is 32.1. The smallest absolute Gasteiger partial charge is 0.131 e. The van der Waals surface area contributed by atoms with Gasteiger partial charge in [0.2, 0.25) is 0 Å². The molecule has 0 aliphatic rings. The molecule has 2 rings (SSSR count). The lowest BCUT2D eigenvalue weighted by Crippen LogP contribution is -2.04. The van der Waals surface area contributed by atoms with Crippen molar-refractivity contribution in [1.29, 1.82) is 0 Å². The van der Waals surface area contributed by atoms with Gasteiger partial charge in [-0.1, -0.05) is 49.0 Å². The number of rotatable bonds is 4. The van der Waals surface area contributed by atoms with Crippen LogP contribution in [0, 0.1) is 11.6 Å². The number of aromatic amines is 1. The van der Waals surface area contributed by atoms with Gasteiger partial charge in [-0.05, 0) is 12.5 Å². The van der Waals surface area contributed by atoms with Crippen LogP contribution in [0.3, 0.4) is 0 Å². The van der Waals surface area contributed by atoms with Crippen molar-refractivity contribution in [1.82, 2.24) is 9.97 Å². The fourth-order valence-corrected chi connectivity index (χ4v) is 1.90. The number of benzene rings is 1. The van der Waals surface area contributed by atoms with E-state index in [0.29, 0.717) is 4.64 Å². The van der Waals surface area contributed by atoms with E-state index in [1.165, 1.54) is 11.1 Å². The lowest BCUT2D eigenvalue weighted by molar-refractivity contribution is 0.926. The van der Waals surface area contributed by atoms with Gasteiger partial charge in [0.05, 0.1) is 0 Å². The average molecular weight is 259 g/mol. The third kappa shape index (κ3) is 3.40. The van der Waals surface area contributed by atoms with E-state index in [0.717, 1.165) is 24.6 Å². The Morgan fingerprint density at radius 1 is 1.28 bits per heavy atom. The van der Waals surface area contributed by atoms with Crippen molar-refractivity contribution in [3.63, 3.8) is 0 Å². The Morgan fingerprint density at radius 3 is 2.67 bits per heavy atom. The van der Waals surface area contributed by atoms with Crippen molar-refractivity contribution in [2.75, 3.05) is 5.32 Å². The Labute approximate surface area is 112 Å². The summed E-state index contributed by atoms with van der Waals surface area (Å²) in [5.74, 6) is 1.83. The minimum Gasteiger partial charge on any atom is -0.367 e. The molecule has 3 nitrogen and oxygen atoms in total. The van der Waals surface area contributed by atoms with Crippen LogP contribution in [0.15, 0.2) is 30.3 Å². The van der Waals surface area contributed by atoms with Crippen molar-refractivity contribution in [3.8, 4) is 0 Å². The molecule has 0 bridgehead atoms. The molecule has 2 N–H and O–H groups in total. The van der Waals surface area contributed by atoms with Crippen LogP contribution in [-0.2, 0) is 13.0 Å². The number of anilines is 1. The second-order valence-corrected chi connectivity index (χ2v) is 4.69. The van der Waals surface area contributed by atoms with Crippen LogP contribution in [0.2, 0.25) is 0 Å². The molecule has 1 heterocycles. The molecule has 0 spiro atoms. The zero-order valence-electron chi connectivity index (χ0n) is 10.7. The third-order valence-electron chi connectivity index (χ3n) is 2.73. The molecule has 0 aliphatic carbocycles. The number of nitrogens with one attached hydrogen (secondary N) is 2. The standard InChI is InChI=1S/C14H17N3S/c1-3-12-16-13(8-14(18)17-12)15-9-11-6-4-10(2)5-7-11/h4-8H,3,9H2,1-2H3,(H2,15,16,17,18). The minimum atomic E-state index is 0.622. The normalized spacial score (nSPS) is 10.3. The van der Waals surface area contributed by atoms with Gasteiger partial charge in [-0.15, -0.1) is 0 Å². The average Bonchev–Trinajstić information content (AvgIpc) is 2.37. The molecule has 0 aliphatic heterocycles. The zero-order chi connectivity index (χ0) is 13.0. The van der Waals surface area contributed by atoms with Crippen molar-refractivity contribution < 1.29 is 0 Å². The number of nitrogens with zero attached hydrogens (tertiary/aromatic N) is 1. The molecule has 94 valence electrons. The van der Waals surface area contributed by atoms with Crippen LogP contribution >= 0.6 is 12.2 Å². The van der Waals surface area contributed by atoms with Gasteiger partial charge in [-0.25, -0.2) is 4.98 Å². The Hall–Kier alpha value is -1.68. The molecule has 0 amide bonds. The van der Waals surface area contributed by atoms with Gasteiger partial charge < -0.3 is 10.3 Å². The van der Waals surface area contributed by atoms with Gasteiger partial charge in [-0.2, -0.15) is 0 Å². The van der Waals surface area contributed by atoms with Crippen LogP contribution in [-0.4, -0.2) is 9.97 Å². The van der Waals surface area contributed by atoms with E-state index in [4.69, 9.17) is 12.2 Å². The summed E-state index contributed by atoms with van der Waals surface area (Å²) in [5.41, 5.74) is 2.52. The monoisotopic (exact) mass is 259 g/mol. The summed E-state index contributed by atoms with van der Waals surface area (Å²) in [6.45, 7) is 4.92. The number of aromatic nitrogens is 2. The topological polar surface area (TPSA) is 40.7 Å². The summed E-state index contributed by atoms with van der Waals surface area (Å²) >= 11 is 5.13. The Bertz CT molecular complexity index is 572. The van der Waals surface area contributed by atoms with E-state index in [9.17, 15) is 0 Å². The highest BCUT2D eigenvalue weighted by Crippen LogP contribution is 2.08. The summed E-state index contributed by atoms with van der Waals surface area (Å²) in [6, 6.07) is 10.3. The Balaban J connectivity index is 2.08. The fourth-order valence-electron chi connectivity index (χ4n) is 1.67. The Kier molecular flexibility index (Phi) is 4.10. The molecule has 0 atom stereocenters. The number of hydrogen-bond acceptors (Lipinski definition) is 3. The summed E-state index contributed by atoms with van der Waals surface area (Å²) in [5, 5.41) is 3.33. The van der Waals surface area contributed by atoms with Crippen LogP contribution in [0.5, 0.6) is 0 Å². The first-order valence-corrected chi connectivity index (χ1v) is 6.48. The van der Waals surface area contributed by atoms with E-state index in [1.807, 2.05) is 6.07 Å². The van der Waals surface area contributed by atoms with E-state index in [-0.39, 0.29) is 0 Å². The molecule has 0 radical (unpaired) electrons. The molecular formula is C14H17N3S. The summed E-state index contributed by atoms with van der Waals surface area (Å²) in [7, 11) is 0. The van der Waals surface area contributed by atoms with Crippen LogP contribution in [0.1, 0.15) is 23.9 Å². The number of hydrogen-bond donors (Lipinski definition) is 2. The van der Waals surface area contributed by atoms with Gasteiger partial charge in [0.25, 0.3) is 0 Å². The first-order valence-electron chi connectivity index (χ1n) is 6.07. The van der Waals surface area contributed by atoms with Gasteiger partial charge >= 0.3 is 0 Å². The molecule has 2 aromatic rings. The van der Waals surface area contributed by atoms with Crippen LogP contribution in [0.4, 0.5) is 5.82 Å².